The van der Waals surface area contributed by atoms with Gasteiger partial charge in [-0.05, 0) is 56.5 Å². The SMILES string of the molecule is COc1cccc(O[C@@H]2C(=O)N(C[C@@H]3CCCO3)[C@@H]2c2ccc(OCc3c(C)noc3C)cc2)c1. The minimum Gasteiger partial charge on any atom is -0.497 e. The fraction of sp³-hybridized carbons (Fsp3) is 0.407. The average molecular weight is 479 g/mol. The van der Waals surface area contributed by atoms with Crippen molar-refractivity contribution in [1.82, 2.24) is 10.1 Å². The molecule has 8 nitrogen and oxygen atoms in total. The summed E-state index contributed by atoms with van der Waals surface area (Å²) in [6.45, 7) is 5.47. The molecule has 1 aromatic heterocycles. The Morgan fingerprint density at radius 2 is 1.89 bits per heavy atom. The van der Waals surface area contributed by atoms with Crippen LogP contribution in [0.3, 0.4) is 0 Å². The van der Waals surface area contributed by atoms with E-state index < -0.39 is 6.10 Å². The predicted molar refractivity (Wildman–Crippen MR) is 128 cm³/mol. The molecule has 0 spiro atoms. The molecule has 3 aromatic rings. The first-order valence-electron chi connectivity index (χ1n) is 11.9. The van der Waals surface area contributed by atoms with Crippen LogP contribution in [0.15, 0.2) is 53.1 Å². The Morgan fingerprint density at radius 3 is 2.57 bits per heavy atom. The molecule has 184 valence electrons. The lowest BCUT2D eigenvalue weighted by Crippen LogP contribution is -2.62. The summed E-state index contributed by atoms with van der Waals surface area (Å²) >= 11 is 0. The summed E-state index contributed by atoms with van der Waals surface area (Å²) in [5, 5.41) is 3.97. The maximum absolute atomic E-state index is 13.1. The van der Waals surface area contributed by atoms with Gasteiger partial charge in [-0.3, -0.25) is 4.79 Å². The van der Waals surface area contributed by atoms with Gasteiger partial charge in [-0.25, -0.2) is 0 Å². The molecule has 0 aliphatic carbocycles. The quantitative estimate of drug-likeness (QED) is 0.422. The minimum absolute atomic E-state index is 0.0351. The minimum atomic E-state index is -0.613. The van der Waals surface area contributed by atoms with Gasteiger partial charge in [0.2, 0.25) is 6.10 Å². The fourth-order valence-electron chi connectivity index (χ4n) is 4.64. The van der Waals surface area contributed by atoms with E-state index in [1.54, 1.807) is 13.2 Å². The van der Waals surface area contributed by atoms with E-state index in [0.29, 0.717) is 24.7 Å². The van der Waals surface area contributed by atoms with Crippen LogP contribution in [-0.2, 0) is 16.1 Å². The largest absolute Gasteiger partial charge is 0.497 e. The molecule has 1 amide bonds. The second-order valence-electron chi connectivity index (χ2n) is 8.95. The number of benzene rings is 2. The zero-order valence-electron chi connectivity index (χ0n) is 20.2. The van der Waals surface area contributed by atoms with E-state index in [-0.39, 0.29) is 18.1 Å². The summed E-state index contributed by atoms with van der Waals surface area (Å²) in [4.78, 5) is 15.0. The van der Waals surface area contributed by atoms with E-state index in [1.165, 1.54) is 0 Å². The van der Waals surface area contributed by atoms with Crippen molar-refractivity contribution in [2.75, 3.05) is 20.3 Å². The summed E-state index contributed by atoms with van der Waals surface area (Å²) in [7, 11) is 1.61. The molecule has 2 saturated heterocycles. The van der Waals surface area contributed by atoms with Gasteiger partial charge in [0.25, 0.3) is 5.91 Å². The Bertz CT molecular complexity index is 1150. The maximum Gasteiger partial charge on any atom is 0.266 e. The predicted octanol–water partition coefficient (Wildman–Crippen LogP) is 4.39. The van der Waals surface area contributed by atoms with Gasteiger partial charge in [0.15, 0.2) is 0 Å². The van der Waals surface area contributed by atoms with Crippen molar-refractivity contribution in [2.45, 2.75) is 51.5 Å². The van der Waals surface area contributed by atoms with Crippen molar-refractivity contribution in [1.29, 1.82) is 0 Å². The van der Waals surface area contributed by atoms with Crippen LogP contribution in [0.5, 0.6) is 17.2 Å². The van der Waals surface area contributed by atoms with Crippen molar-refractivity contribution >= 4 is 5.91 Å². The van der Waals surface area contributed by atoms with Crippen molar-refractivity contribution in [3.8, 4) is 17.2 Å². The summed E-state index contributed by atoms with van der Waals surface area (Å²) in [6, 6.07) is 14.9. The topological polar surface area (TPSA) is 83.3 Å². The van der Waals surface area contributed by atoms with Gasteiger partial charge in [-0.2, -0.15) is 0 Å². The Balaban J connectivity index is 1.33. The van der Waals surface area contributed by atoms with Crippen LogP contribution in [0.2, 0.25) is 0 Å². The third kappa shape index (κ3) is 4.84. The number of methoxy groups -OCH3 is 1. The second kappa shape index (κ2) is 10.00. The molecule has 0 radical (unpaired) electrons. The molecule has 0 bridgehead atoms. The van der Waals surface area contributed by atoms with Crippen molar-refractivity contribution in [3.63, 3.8) is 0 Å². The Hall–Kier alpha value is -3.52. The summed E-state index contributed by atoms with van der Waals surface area (Å²) in [5.41, 5.74) is 2.77. The summed E-state index contributed by atoms with van der Waals surface area (Å²) in [6.07, 6.45) is 1.44. The maximum atomic E-state index is 13.1. The molecular weight excluding hydrogens is 448 g/mol. The Kier molecular flexibility index (Phi) is 6.63. The number of β-lactam (4-membered cyclic amide) rings is 1. The molecule has 0 unspecified atom stereocenters. The van der Waals surface area contributed by atoms with Crippen LogP contribution in [-0.4, -0.2) is 48.4 Å². The molecular formula is C27H30N2O6. The molecule has 8 heteroatoms. The lowest BCUT2D eigenvalue weighted by atomic mass is 9.89. The van der Waals surface area contributed by atoms with Gasteiger partial charge in [0.1, 0.15) is 35.7 Å². The highest BCUT2D eigenvalue weighted by Gasteiger charge is 2.51. The fourth-order valence-corrected chi connectivity index (χ4v) is 4.64. The highest BCUT2D eigenvalue weighted by atomic mass is 16.5. The Morgan fingerprint density at radius 1 is 1.09 bits per heavy atom. The van der Waals surface area contributed by atoms with E-state index >= 15 is 0 Å². The van der Waals surface area contributed by atoms with E-state index in [2.05, 4.69) is 5.16 Å². The molecule has 3 heterocycles. The van der Waals surface area contributed by atoms with Gasteiger partial charge < -0.3 is 28.4 Å². The van der Waals surface area contributed by atoms with E-state index in [9.17, 15) is 4.79 Å². The van der Waals surface area contributed by atoms with Crippen molar-refractivity contribution in [3.05, 3.63) is 71.1 Å². The normalized spacial score (nSPS) is 21.6. The van der Waals surface area contributed by atoms with Crippen LogP contribution in [0.25, 0.3) is 0 Å². The number of ether oxygens (including phenoxy) is 4. The van der Waals surface area contributed by atoms with Gasteiger partial charge in [0.05, 0.1) is 24.5 Å². The number of hydrogen-bond acceptors (Lipinski definition) is 7. The number of aryl methyl sites for hydroxylation is 2. The van der Waals surface area contributed by atoms with Gasteiger partial charge in [-0.1, -0.05) is 23.4 Å². The van der Waals surface area contributed by atoms with Crippen LogP contribution < -0.4 is 14.2 Å². The molecule has 2 aliphatic rings. The molecule has 2 fully saturated rings. The summed E-state index contributed by atoms with van der Waals surface area (Å²) in [5.74, 6) is 2.74. The smallest absolute Gasteiger partial charge is 0.266 e. The number of aromatic nitrogens is 1. The lowest BCUT2D eigenvalue weighted by Gasteiger charge is -2.47. The molecule has 3 atom stereocenters. The highest BCUT2D eigenvalue weighted by molar-refractivity contribution is 5.89. The van der Waals surface area contributed by atoms with Crippen LogP contribution in [0, 0.1) is 13.8 Å². The van der Waals surface area contributed by atoms with E-state index in [4.69, 9.17) is 23.5 Å². The summed E-state index contributed by atoms with van der Waals surface area (Å²) < 4.78 is 28.4. The molecule has 35 heavy (non-hydrogen) atoms. The number of amides is 1. The molecule has 2 aliphatic heterocycles. The highest BCUT2D eigenvalue weighted by Crippen LogP contribution is 2.39. The monoisotopic (exact) mass is 478 g/mol. The first-order chi connectivity index (χ1) is 17.0. The first kappa shape index (κ1) is 23.2. The number of nitrogens with zero attached hydrogens (tertiary/aromatic N) is 2. The zero-order chi connectivity index (χ0) is 24.4. The molecule has 0 N–H and O–H groups in total. The molecule has 2 aromatic carbocycles. The third-order valence-corrected chi connectivity index (χ3v) is 6.66. The number of likely N-dealkylation sites (tertiary alicyclic amines) is 1. The molecule has 5 rings (SSSR count). The first-order valence-corrected chi connectivity index (χ1v) is 11.9. The standard InChI is InChI=1S/C27H30N2O6/c1-17-24(18(2)35-28-17)16-33-20-11-9-19(10-12-20)25-26(34-22-7-4-6-21(14-22)31-3)27(30)29(25)15-23-8-5-13-32-23/h4,6-7,9-12,14,23,25-26H,5,8,13,15-16H2,1-3H3/t23-,25+,26-/m0/s1. The van der Waals surface area contributed by atoms with Gasteiger partial charge in [-0.15, -0.1) is 0 Å². The number of carbonyl (C=O) groups is 1. The number of rotatable bonds is 9. The van der Waals surface area contributed by atoms with E-state index in [0.717, 1.165) is 47.8 Å². The third-order valence-electron chi connectivity index (χ3n) is 6.66. The van der Waals surface area contributed by atoms with Crippen LogP contribution in [0.1, 0.15) is 41.5 Å². The zero-order valence-corrected chi connectivity index (χ0v) is 20.2. The Labute approximate surface area is 204 Å². The second-order valence-corrected chi connectivity index (χ2v) is 8.95. The van der Waals surface area contributed by atoms with Crippen LogP contribution in [0.4, 0.5) is 0 Å². The van der Waals surface area contributed by atoms with Crippen molar-refractivity contribution < 1.29 is 28.3 Å². The van der Waals surface area contributed by atoms with Gasteiger partial charge in [0, 0.05) is 19.2 Å². The molecule has 0 saturated carbocycles. The van der Waals surface area contributed by atoms with E-state index in [1.807, 2.05) is 61.2 Å². The van der Waals surface area contributed by atoms with Crippen molar-refractivity contribution in [2.24, 2.45) is 0 Å². The van der Waals surface area contributed by atoms with Crippen LogP contribution >= 0.6 is 0 Å². The lowest BCUT2D eigenvalue weighted by molar-refractivity contribution is -0.167. The van der Waals surface area contributed by atoms with Gasteiger partial charge >= 0.3 is 0 Å². The number of carbonyl (C=O) groups excluding carboxylic acids is 1. The average Bonchev–Trinajstić information content (AvgIpc) is 3.51. The number of hydrogen-bond donors (Lipinski definition) is 0.